The SMILES string of the molecule is COc1ccc2c(c1)C(O)c1cccc[n+]1C2.[O-][Cl+3]([O-])([O-])[O-]. The van der Waals surface area contributed by atoms with Gasteiger partial charge >= 0.3 is 0 Å². The molecule has 1 atom stereocenters. The lowest BCUT2D eigenvalue weighted by atomic mass is 9.95. The van der Waals surface area contributed by atoms with Crippen molar-refractivity contribution in [3.8, 4) is 5.75 Å². The van der Waals surface area contributed by atoms with Crippen LogP contribution in [0.3, 0.4) is 0 Å². The highest BCUT2D eigenvalue weighted by molar-refractivity contribution is 5.40. The van der Waals surface area contributed by atoms with E-state index in [4.69, 9.17) is 23.4 Å². The average molecular weight is 328 g/mol. The zero-order valence-electron chi connectivity index (χ0n) is 11.6. The van der Waals surface area contributed by atoms with Gasteiger partial charge in [0.25, 0.3) is 0 Å². The van der Waals surface area contributed by atoms with Crippen LogP contribution in [0.15, 0.2) is 42.6 Å². The van der Waals surface area contributed by atoms with Gasteiger partial charge in [-0.2, -0.15) is 4.57 Å². The van der Waals surface area contributed by atoms with Gasteiger partial charge < -0.3 is 9.84 Å². The molecule has 0 saturated carbocycles. The van der Waals surface area contributed by atoms with Crippen LogP contribution in [0.5, 0.6) is 5.75 Å². The highest BCUT2D eigenvalue weighted by Gasteiger charge is 2.29. The summed E-state index contributed by atoms with van der Waals surface area (Å²) in [5.41, 5.74) is 3.01. The second-order valence-corrected chi connectivity index (χ2v) is 5.35. The minimum Gasteiger partial charge on any atom is -0.497 e. The number of benzene rings is 1. The summed E-state index contributed by atoms with van der Waals surface area (Å²) in [5.74, 6) is 0.784. The van der Waals surface area contributed by atoms with E-state index in [0.717, 1.165) is 29.1 Å². The van der Waals surface area contributed by atoms with Crippen molar-refractivity contribution in [3.63, 3.8) is 0 Å². The lowest BCUT2D eigenvalue weighted by molar-refractivity contribution is -2.00. The number of halogens is 1. The highest BCUT2D eigenvalue weighted by atomic mass is 35.7. The summed E-state index contributed by atoms with van der Waals surface area (Å²) in [5, 5.41) is 10.4. The van der Waals surface area contributed by atoms with E-state index >= 15 is 0 Å². The first-order valence-electron chi connectivity index (χ1n) is 6.24. The van der Waals surface area contributed by atoms with Crippen molar-refractivity contribution in [2.75, 3.05) is 7.11 Å². The standard InChI is InChI=1S/C14H14NO2.ClHO4/c1-17-11-6-5-10-9-15-7-3-2-4-13(15)14(16)12(10)8-11;2-1(3,4)5/h2-8,14,16H,9H2,1H3;(H,2,3,4,5)/q+1;/p-1. The third-order valence-electron chi connectivity index (χ3n) is 3.24. The van der Waals surface area contributed by atoms with Crippen molar-refractivity contribution >= 4 is 0 Å². The van der Waals surface area contributed by atoms with Gasteiger partial charge in [-0.25, -0.2) is 18.6 Å². The number of fused-ring (bicyclic) bond motifs is 2. The number of aliphatic hydroxyl groups is 1. The van der Waals surface area contributed by atoms with Crippen molar-refractivity contribution in [2.24, 2.45) is 0 Å². The molecule has 8 heteroatoms. The Bertz CT molecular complexity index is 652. The van der Waals surface area contributed by atoms with E-state index in [1.54, 1.807) is 7.11 Å². The van der Waals surface area contributed by atoms with Crippen LogP contribution < -0.4 is 27.9 Å². The maximum absolute atomic E-state index is 10.4. The number of aliphatic hydroxyl groups excluding tert-OH is 1. The minimum absolute atomic E-state index is 0.574. The van der Waals surface area contributed by atoms with E-state index in [2.05, 4.69) is 4.57 Å². The average Bonchev–Trinajstić information content (AvgIpc) is 2.45. The summed E-state index contributed by atoms with van der Waals surface area (Å²) < 4.78 is 41.2. The molecule has 7 nitrogen and oxygen atoms in total. The van der Waals surface area contributed by atoms with Gasteiger partial charge in [-0.05, 0) is 24.3 Å². The maximum Gasteiger partial charge on any atom is 0.215 e. The van der Waals surface area contributed by atoms with Gasteiger partial charge in [0.2, 0.25) is 5.69 Å². The van der Waals surface area contributed by atoms with E-state index < -0.39 is 16.3 Å². The van der Waals surface area contributed by atoms with Crippen molar-refractivity contribution in [2.45, 2.75) is 12.6 Å². The molecule has 3 rings (SSSR count). The Kier molecular flexibility index (Phi) is 4.97. The molecule has 0 bridgehead atoms. The Labute approximate surface area is 129 Å². The first-order chi connectivity index (χ1) is 10.3. The highest BCUT2D eigenvalue weighted by Crippen LogP contribution is 2.29. The normalized spacial score (nSPS) is 16.0. The molecule has 0 radical (unpaired) electrons. The van der Waals surface area contributed by atoms with E-state index in [-0.39, 0.29) is 0 Å². The van der Waals surface area contributed by atoms with E-state index in [1.807, 2.05) is 42.6 Å². The summed E-state index contributed by atoms with van der Waals surface area (Å²) >= 11 is 0. The molecule has 1 aromatic heterocycles. The molecule has 0 aliphatic carbocycles. The van der Waals surface area contributed by atoms with E-state index in [0.29, 0.717) is 0 Å². The number of hydrogen-bond acceptors (Lipinski definition) is 6. The van der Waals surface area contributed by atoms with Crippen molar-refractivity contribution in [1.82, 2.24) is 0 Å². The molecular weight excluding hydrogens is 314 g/mol. The molecule has 0 amide bonds. The first-order valence-corrected chi connectivity index (χ1v) is 7.48. The number of ether oxygens (including phenoxy) is 1. The molecule has 2 aromatic rings. The van der Waals surface area contributed by atoms with Gasteiger partial charge in [0.05, 0.1) is 7.11 Å². The third kappa shape index (κ3) is 4.14. The fourth-order valence-electron chi connectivity index (χ4n) is 2.32. The van der Waals surface area contributed by atoms with Gasteiger partial charge in [0.1, 0.15) is 5.75 Å². The molecule has 1 unspecified atom stereocenters. The number of aromatic nitrogens is 1. The van der Waals surface area contributed by atoms with Gasteiger partial charge in [-0.3, -0.25) is 0 Å². The Morgan fingerprint density at radius 2 is 1.86 bits per heavy atom. The summed E-state index contributed by atoms with van der Waals surface area (Å²) in [4.78, 5) is 0. The first kappa shape index (κ1) is 16.6. The Morgan fingerprint density at radius 1 is 1.18 bits per heavy atom. The number of hydrogen-bond donors (Lipinski definition) is 1. The van der Waals surface area contributed by atoms with Crippen LogP contribution in [0.2, 0.25) is 0 Å². The third-order valence-corrected chi connectivity index (χ3v) is 3.24. The summed E-state index contributed by atoms with van der Waals surface area (Å²) in [6, 6.07) is 11.7. The molecular formula is C14H14ClNO6. The lowest BCUT2D eigenvalue weighted by Crippen LogP contribution is -2.68. The molecule has 0 spiro atoms. The van der Waals surface area contributed by atoms with Gasteiger partial charge in [-0.15, -0.1) is 10.2 Å². The lowest BCUT2D eigenvalue weighted by Gasteiger charge is -2.19. The Morgan fingerprint density at radius 3 is 2.50 bits per heavy atom. The predicted octanol–water partition coefficient (Wildman–Crippen LogP) is -3.33. The number of methoxy groups -OCH3 is 1. The molecule has 2 heterocycles. The molecule has 1 N–H and O–H groups in total. The topological polar surface area (TPSA) is 126 Å². The van der Waals surface area contributed by atoms with Crippen LogP contribution in [0.1, 0.15) is 22.9 Å². The Balaban J connectivity index is 0.000000309. The van der Waals surface area contributed by atoms with Crippen LogP contribution in [0, 0.1) is 10.2 Å². The fraction of sp³-hybridized carbons (Fsp3) is 0.214. The molecule has 0 fully saturated rings. The zero-order valence-corrected chi connectivity index (χ0v) is 12.4. The fourth-order valence-corrected chi connectivity index (χ4v) is 2.32. The molecule has 1 aliphatic rings. The molecule has 118 valence electrons. The van der Waals surface area contributed by atoms with E-state index in [1.165, 1.54) is 0 Å². The molecule has 22 heavy (non-hydrogen) atoms. The van der Waals surface area contributed by atoms with Crippen LogP contribution in [-0.4, -0.2) is 12.2 Å². The molecule has 0 saturated heterocycles. The summed E-state index contributed by atoms with van der Waals surface area (Å²) in [7, 11) is -3.31. The van der Waals surface area contributed by atoms with Gasteiger partial charge in [0.15, 0.2) is 18.8 Å². The molecule has 1 aromatic carbocycles. The van der Waals surface area contributed by atoms with Crippen LogP contribution in [0.4, 0.5) is 0 Å². The second kappa shape index (κ2) is 6.57. The van der Waals surface area contributed by atoms with Crippen molar-refractivity contribution in [3.05, 3.63) is 59.4 Å². The maximum atomic E-state index is 10.4. The quantitative estimate of drug-likeness (QED) is 0.546. The monoisotopic (exact) mass is 327 g/mol. The smallest absolute Gasteiger partial charge is 0.215 e. The predicted molar refractivity (Wildman–Crippen MR) is 62.8 cm³/mol. The zero-order chi connectivity index (χ0) is 16.3. The number of pyridine rings is 1. The summed E-state index contributed by atoms with van der Waals surface area (Å²) in [6.45, 7) is 0.798. The number of nitrogens with zero attached hydrogens (tertiary/aromatic N) is 1. The van der Waals surface area contributed by atoms with Crippen LogP contribution in [-0.2, 0) is 6.54 Å². The largest absolute Gasteiger partial charge is 0.497 e. The van der Waals surface area contributed by atoms with Crippen LogP contribution >= 0.6 is 0 Å². The van der Waals surface area contributed by atoms with Crippen molar-refractivity contribution in [1.29, 1.82) is 0 Å². The molecule has 1 aliphatic heterocycles. The Hall–Kier alpha value is -1.74. The van der Waals surface area contributed by atoms with Gasteiger partial charge in [0, 0.05) is 23.3 Å². The summed E-state index contributed by atoms with van der Waals surface area (Å²) in [6.07, 6.45) is 1.42. The van der Waals surface area contributed by atoms with Crippen molar-refractivity contribution < 1.29 is 43.3 Å². The van der Waals surface area contributed by atoms with E-state index in [9.17, 15) is 5.11 Å². The minimum atomic E-state index is -4.94. The van der Waals surface area contributed by atoms with Crippen LogP contribution in [0.25, 0.3) is 0 Å². The second-order valence-electron chi connectivity index (χ2n) is 4.60. The van der Waals surface area contributed by atoms with Gasteiger partial charge in [-0.1, -0.05) is 0 Å². The number of rotatable bonds is 1.